The number of aromatic carboxylic acids is 1. The second-order valence-corrected chi connectivity index (χ2v) is 19.1. The number of carbonyl (C=O) groups is 5. The van der Waals surface area contributed by atoms with Crippen molar-refractivity contribution in [2.75, 3.05) is 27.2 Å². The summed E-state index contributed by atoms with van der Waals surface area (Å²) < 4.78 is 23.2. The van der Waals surface area contributed by atoms with Gasteiger partial charge in [0.25, 0.3) is 0 Å². The molecule has 1 aliphatic heterocycles. The number of benzene rings is 5. The van der Waals surface area contributed by atoms with Crippen LogP contribution in [0.25, 0.3) is 44.5 Å². The molecule has 71 heavy (non-hydrogen) atoms. The van der Waals surface area contributed by atoms with Crippen LogP contribution in [0.5, 0.6) is 5.75 Å². The number of carboxylic acids is 1. The van der Waals surface area contributed by atoms with E-state index in [1.165, 1.54) is 38.4 Å². The van der Waals surface area contributed by atoms with E-state index in [1.54, 1.807) is 71.9 Å². The quantitative estimate of drug-likeness (QED) is 0.0296. The van der Waals surface area contributed by atoms with Gasteiger partial charge in [0.2, 0.25) is 11.9 Å². The second-order valence-electron chi connectivity index (χ2n) is 19.1. The van der Waals surface area contributed by atoms with Gasteiger partial charge in [-0.25, -0.2) is 19.2 Å². The maximum atomic E-state index is 14.4. The van der Waals surface area contributed by atoms with Crippen LogP contribution in [0.15, 0.2) is 117 Å². The molecule has 0 fully saturated rings. The van der Waals surface area contributed by atoms with Crippen LogP contribution >= 0.6 is 0 Å². The Hall–Kier alpha value is -8.21. The van der Waals surface area contributed by atoms with Gasteiger partial charge in [-0.2, -0.15) is 0 Å². The lowest BCUT2D eigenvalue weighted by Crippen LogP contribution is -2.49. The number of fused-ring (bicyclic) bond motifs is 5. The summed E-state index contributed by atoms with van der Waals surface area (Å²) in [5.74, 6) is -2.40. The number of phenols is 1. The number of nitrogens with one attached hydrogen (secondary N) is 2. The fourth-order valence-corrected chi connectivity index (χ4v) is 8.41. The summed E-state index contributed by atoms with van der Waals surface area (Å²) in [6.07, 6.45) is -2.36. The van der Waals surface area contributed by atoms with Crippen molar-refractivity contribution in [1.29, 1.82) is 0 Å². The van der Waals surface area contributed by atoms with E-state index in [9.17, 15) is 39.0 Å². The molecule has 17 heteroatoms. The average molecular weight is 968 g/mol. The van der Waals surface area contributed by atoms with Crippen LogP contribution in [0.4, 0.5) is 14.4 Å². The molecule has 4 amide bonds. The fourth-order valence-electron chi connectivity index (χ4n) is 8.41. The summed E-state index contributed by atoms with van der Waals surface area (Å²) in [5, 5.41) is 27.4. The summed E-state index contributed by atoms with van der Waals surface area (Å²) in [4.78, 5) is 86.4. The van der Waals surface area contributed by atoms with Crippen LogP contribution in [-0.4, -0.2) is 101 Å². The van der Waals surface area contributed by atoms with Crippen molar-refractivity contribution in [2.24, 2.45) is 4.99 Å². The number of nitrogens with zero attached hydrogens (tertiary/aromatic N) is 3. The van der Waals surface area contributed by atoms with Gasteiger partial charge >= 0.3 is 24.2 Å². The number of aliphatic imine (C=N–C) groups is 1. The topological polar surface area (TPSA) is 227 Å². The van der Waals surface area contributed by atoms with E-state index in [0.29, 0.717) is 22.1 Å². The smallest absolute Gasteiger partial charge is 0.416 e. The number of alkyl carbamates (subject to hydrolysis) is 1. The minimum atomic E-state index is -1.26. The molecule has 4 aromatic carbocycles. The first-order chi connectivity index (χ1) is 33.6. The normalized spacial score (nSPS) is 12.6. The number of hydrogen-bond acceptors (Lipinski definition) is 12. The van der Waals surface area contributed by atoms with E-state index in [0.717, 1.165) is 32.1 Å². The molecule has 2 aliphatic carbocycles. The van der Waals surface area contributed by atoms with Crippen LogP contribution in [-0.2, 0) is 25.5 Å². The van der Waals surface area contributed by atoms with Gasteiger partial charge in [0.1, 0.15) is 40.9 Å². The van der Waals surface area contributed by atoms with Gasteiger partial charge in [-0.3, -0.25) is 24.4 Å². The molecule has 1 atom stereocenters. The van der Waals surface area contributed by atoms with E-state index in [-0.39, 0.29) is 78.1 Å². The Morgan fingerprint density at radius 2 is 1.34 bits per heavy atom. The Morgan fingerprint density at radius 3 is 1.93 bits per heavy atom. The van der Waals surface area contributed by atoms with E-state index in [1.807, 2.05) is 48.5 Å². The monoisotopic (exact) mass is 967 g/mol. The third kappa shape index (κ3) is 11.6. The van der Waals surface area contributed by atoms with Crippen molar-refractivity contribution in [3.05, 3.63) is 136 Å². The number of hydrogen-bond donors (Lipinski definition) is 4. The molecular weight excluding hydrogens is 911 g/mol. The highest BCUT2D eigenvalue weighted by atomic mass is 16.6. The molecule has 4 aromatic rings. The van der Waals surface area contributed by atoms with Gasteiger partial charge in [0, 0.05) is 49.1 Å². The fraction of sp³-hybridized carbons (Fsp3) is 0.315. The maximum Gasteiger partial charge on any atom is 0.416 e. The first-order valence-corrected chi connectivity index (χ1v) is 23.0. The van der Waals surface area contributed by atoms with Gasteiger partial charge < -0.3 is 39.5 Å². The molecular formula is C54H57N5O12. The summed E-state index contributed by atoms with van der Waals surface area (Å²) in [5.41, 5.74) is 3.31. The predicted octanol–water partition coefficient (Wildman–Crippen LogP) is 9.36. The molecule has 4 N–H and O–H groups in total. The van der Waals surface area contributed by atoms with Crippen LogP contribution in [0.3, 0.4) is 0 Å². The minimum absolute atomic E-state index is 0.0120. The van der Waals surface area contributed by atoms with E-state index in [2.05, 4.69) is 15.6 Å². The molecule has 0 aromatic heterocycles. The first kappa shape index (κ1) is 50.7. The molecule has 0 spiro atoms. The molecule has 3 aliphatic rings. The lowest BCUT2D eigenvalue weighted by molar-refractivity contribution is -0.123. The molecule has 1 heterocycles. The van der Waals surface area contributed by atoms with Crippen molar-refractivity contribution in [2.45, 2.75) is 84.1 Å². The molecule has 0 radical (unpaired) electrons. The lowest BCUT2D eigenvalue weighted by Gasteiger charge is -2.30. The number of phenolic OH excluding ortho intramolecular Hbond substituents is 1. The largest absolute Gasteiger partial charge is 0.507 e. The number of amides is 4. The summed E-state index contributed by atoms with van der Waals surface area (Å²) >= 11 is 0. The maximum absolute atomic E-state index is 14.4. The molecule has 0 bridgehead atoms. The lowest BCUT2D eigenvalue weighted by atomic mass is 9.90. The van der Waals surface area contributed by atoms with Gasteiger partial charge in [-0.15, -0.1) is 0 Å². The Morgan fingerprint density at radius 1 is 0.761 bits per heavy atom. The van der Waals surface area contributed by atoms with Gasteiger partial charge in [0.15, 0.2) is 5.43 Å². The summed E-state index contributed by atoms with van der Waals surface area (Å²) in [6.45, 7) is 9.75. The van der Waals surface area contributed by atoms with E-state index in [4.69, 9.17) is 18.6 Å². The van der Waals surface area contributed by atoms with E-state index < -0.39 is 47.4 Å². The molecule has 7 rings (SSSR count). The molecule has 0 saturated carbocycles. The highest BCUT2D eigenvalue weighted by molar-refractivity contribution is 6.08. The van der Waals surface area contributed by atoms with Crippen LogP contribution in [0.1, 0.15) is 87.4 Å². The van der Waals surface area contributed by atoms with Crippen molar-refractivity contribution >= 4 is 47.1 Å². The Balaban J connectivity index is 1.18. The number of carboxylic acid groups (broad SMARTS) is 1. The number of aromatic hydroxyl groups is 1. The molecule has 0 saturated heterocycles. The van der Waals surface area contributed by atoms with E-state index >= 15 is 0 Å². The zero-order chi connectivity index (χ0) is 51.4. The SMILES string of the molecule is CN(C(=O)OC(C)(C)C)C(=NCCCC(NC(=O)OCC1c2ccccc2-c2ccccc21)C(=O)NCc1c(O)ccc2c(-c3ccccc3C(=O)O)c3ccc(=O)cc-3oc12)N(C)C(=O)OC(C)(C)C. The van der Waals surface area contributed by atoms with Crippen LogP contribution in [0.2, 0.25) is 0 Å². The third-order valence-electron chi connectivity index (χ3n) is 11.6. The standard InChI is InChI=1S/C54H57N5O12/c1-53(2,3)70-51(66)58(7)49(59(8)52(67)71-54(4,5)6)55-27-15-22-42(57-50(65)68-30-41-34-18-11-9-16-32(34)33-17-10-12-19-35(33)41)47(62)56-29-40-43(61)26-25-39-45(36-20-13-14-21-37(36)48(63)64)38-24-23-31(60)28-44(38)69-46(39)40/h9-14,16-21,23-26,28,41-42,61H,15,22,27,29-30H2,1-8H3,(H,56,62)(H,57,65)(H,63,64). The summed E-state index contributed by atoms with van der Waals surface area (Å²) in [7, 11) is 2.79. The van der Waals surface area contributed by atoms with Crippen molar-refractivity contribution < 1.29 is 52.8 Å². The van der Waals surface area contributed by atoms with Crippen LogP contribution in [0, 0.1) is 0 Å². The Bertz CT molecular complexity index is 2990. The number of guanidine groups is 1. The van der Waals surface area contributed by atoms with Crippen molar-refractivity contribution in [3.63, 3.8) is 0 Å². The summed E-state index contributed by atoms with van der Waals surface area (Å²) in [6, 6.07) is 27.9. The molecule has 17 nitrogen and oxygen atoms in total. The highest BCUT2D eigenvalue weighted by Crippen LogP contribution is 2.45. The van der Waals surface area contributed by atoms with Crippen molar-refractivity contribution in [1.82, 2.24) is 20.4 Å². The molecule has 1 unspecified atom stereocenters. The Kier molecular flexibility index (Phi) is 14.8. The molecule has 370 valence electrons. The van der Waals surface area contributed by atoms with Crippen LogP contribution < -0.4 is 16.1 Å². The highest BCUT2D eigenvalue weighted by Gasteiger charge is 2.32. The van der Waals surface area contributed by atoms with Crippen molar-refractivity contribution in [3.8, 4) is 39.3 Å². The minimum Gasteiger partial charge on any atom is -0.507 e. The second kappa shape index (κ2) is 20.8. The Labute approximate surface area is 410 Å². The third-order valence-corrected chi connectivity index (χ3v) is 11.6. The predicted molar refractivity (Wildman–Crippen MR) is 267 cm³/mol. The average Bonchev–Trinajstić information content (AvgIpc) is 3.63. The zero-order valence-electron chi connectivity index (χ0n) is 40.8. The zero-order valence-corrected chi connectivity index (χ0v) is 40.8. The number of rotatable bonds is 12. The van der Waals surface area contributed by atoms with Gasteiger partial charge in [-0.05, 0) is 113 Å². The van der Waals surface area contributed by atoms with Gasteiger partial charge in [-0.1, -0.05) is 66.7 Å². The number of ether oxygens (including phenoxy) is 3. The number of carbonyl (C=O) groups excluding carboxylic acids is 4. The van der Waals surface area contributed by atoms with Gasteiger partial charge in [0.05, 0.1) is 17.7 Å². The first-order valence-electron chi connectivity index (χ1n) is 23.0.